The van der Waals surface area contributed by atoms with Gasteiger partial charge < -0.3 is 28.8 Å². The highest BCUT2D eigenvalue weighted by atomic mass is 28.4. The lowest BCUT2D eigenvalue weighted by Crippen LogP contribution is -2.37. The Balaban J connectivity index is 2.20. The molecule has 0 aromatic rings. The van der Waals surface area contributed by atoms with Crippen LogP contribution in [0.3, 0.4) is 0 Å². The third-order valence-corrected chi connectivity index (χ3v) is 6.87. The van der Waals surface area contributed by atoms with Crippen molar-refractivity contribution in [3.05, 3.63) is 0 Å². The second kappa shape index (κ2) is 6.92. The van der Waals surface area contributed by atoms with Crippen molar-refractivity contribution in [2.45, 2.75) is 38.3 Å². The SMILES string of the molecule is [3H]O[Si](CCC1CC(CC[Si](O[3H])(O[3H])O[3H])C2C(=O)N(CC)C(=O)C12)(O[3H])O[3H]. The third-order valence-electron chi connectivity index (χ3n) is 5.07. The van der Waals surface area contributed by atoms with Crippen molar-refractivity contribution in [2.75, 3.05) is 6.54 Å². The number of carbonyl (C=O) groups is 2. The highest BCUT2D eigenvalue weighted by molar-refractivity contribution is 6.56. The summed E-state index contributed by atoms with van der Waals surface area (Å²) in [5.41, 5.74) is 0. The van der Waals surface area contributed by atoms with Gasteiger partial charge in [-0.2, -0.15) is 0 Å². The summed E-state index contributed by atoms with van der Waals surface area (Å²) in [4.78, 5) is 53.0. The second-order valence-electron chi connectivity index (χ2n) is 6.67. The summed E-state index contributed by atoms with van der Waals surface area (Å²) in [6, 6.07) is -0.0875. The van der Waals surface area contributed by atoms with Crippen LogP contribution < -0.4 is 0 Å². The number of likely N-dealkylation sites (tertiary alicyclic amines) is 1. The van der Waals surface area contributed by atoms with Crippen LogP contribution in [-0.2, 0) is 9.59 Å². The number of nitrogens with zero attached hydrogens (tertiary/aromatic N) is 1. The van der Waals surface area contributed by atoms with Crippen LogP contribution in [-0.4, -0.2) is 78.2 Å². The van der Waals surface area contributed by atoms with Gasteiger partial charge in [0.05, 0.1) is 11.8 Å². The topological polar surface area (TPSA) is 159 Å². The molecule has 6 N–H and O–H groups in total. The van der Waals surface area contributed by atoms with Gasteiger partial charge >= 0.3 is 17.6 Å². The van der Waals surface area contributed by atoms with E-state index in [4.69, 9.17) is 8.59 Å². The zero-order valence-corrected chi connectivity index (χ0v) is 15.3. The molecule has 2 fully saturated rings. The number of rotatable bonds is 13. The van der Waals surface area contributed by atoms with E-state index in [1.165, 1.54) is 4.90 Å². The number of carbonyl (C=O) groups excluding carboxylic acids is 2. The molecule has 0 aromatic carbocycles. The minimum atomic E-state index is -3.82. The zero-order chi connectivity index (χ0) is 22.5. The summed E-state index contributed by atoms with van der Waals surface area (Å²) < 4.78 is 42.3. The first kappa shape index (κ1) is 12.6. The first-order chi connectivity index (χ1) is 14.3. The first-order valence-electron chi connectivity index (χ1n) is 10.5. The lowest BCUT2D eigenvalue weighted by Gasteiger charge is -2.21. The fourth-order valence-corrected chi connectivity index (χ4v) is 5.53. The molecule has 4 atom stereocenters. The molecule has 0 radical (unpaired) electrons. The van der Waals surface area contributed by atoms with Crippen LogP contribution in [0.1, 0.15) is 26.2 Å². The van der Waals surface area contributed by atoms with Crippen LogP contribution >= 0.6 is 0 Å². The number of hydrogen-bond donors (Lipinski definition) is 6. The van der Waals surface area contributed by atoms with E-state index in [1.54, 1.807) is 6.92 Å². The fraction of sp³-hybridized carbons (Fsp3) is 0.846. The molecule has 0 aromatic heterocycles. The average molecular weight is 392 g/mol. The van der Waals surface area contributed by atoms with Gasteiger partial charge in [-0.25, -0.2) is 0 Å². The van der Waals surface area contributed by atoms with E-state index in [1.807, 2.05) is 0 Å². The Morgan fingerprint density at radius 1 is 0.958 bits per heavy atom. The Kier molecular flexibility index (Phi) is 3.65. The van der Waals surface area contributed by atoms with Crippen LogP contribution in [0.25, 0.3) is 0 Å². The monoisotopic (exact) mass is 391 g/mol. The molecule has 24 heavy (non-hydrogen) atoms. The zero-order valence-electron chi connectivity index (χ0n) is 19.3. The van der Waals surface area contributed by atoms with Crippen molar-refractivity contribution in [3.8, 4) is 0 Å². The highest BCUT2D eigenvalue weighted by Crippen LogP contribution is 2.51. The molecular weight excluding hydrogens is 354 g/mol. The van der Waals surface area contributed by atoms with Gasteiger partial charge in [0.1, 0.15) is 0 Å². The van der Waals surface area contributed by atoms with E-state index in [9.17, 15) is 9.59 Å². The highest BCUT2D eigenvalue weighted by Gasteiger charge is 2.58. The number of hydrogen-bond acceptors (Lipinski definition) is 8. The van der Waals surface area contributed by atoms with E-state index in [2.05, 4.69) is 28.8 Å². The van der Waals surface area contributed by atoms with Crippen LogP contribution in [0.5, 0.6) is 0 Å². The largest absolute Gasteiger partial charge is 0.492 e. The standard InChI is InChI=1S/C13H25NO8Si2/c1-2-14-12(15)10-8(3-5-23(17,18)19)7-9(11(10)13(14)16)4-6-24(20,21)22/h8-11,17-22H,2-7H2,1H3/i17T,18T,19T,20T,21T,22T. The molecule has 1 aliphatic carbocycles. The van der Waals surface area contributed by atoms with E-state index < -0.39 is 29.4 Å². The summed E-state index contributed by atoms with van der Waals surface area (Å²) in [6.45, 7) is 1.92. The Morgan fingerprint density at radius 3 is 1.71 bits per heavy atom. The summed E-state index contributed by atoms with van der Waals surface area (Å²) in [5, 5.41) is 0. The Morgan fingerprint density at radius 2 is 1.38 bits per heavy atom. The smallest absolute Gasteiger partial charge is 0.390 e. The Labute approximate surface area is 150 Å². The quantitative estimate of drug-likeness (QED) is 0.153. The molecule has 2 amide bonds. The summed E-state index contributed by atoms with van der Waals surface area (Å²) in [5.74, 6) is -2.43. The van der Waals surface area contributed by atoms with Gasteiger partial charge in [0, 0.05) is 18.6 Å². The summed E-state index contributed by atoms with van der Waals surface area (Å²) >= 11 is 0. The molecule has 138 valence electrons. The van der Waals surface area contributed by atoms with Crippen molar-refractivity contribution >= 4 is 29.4 Å². The first-order valence-corrected chi connectivity index (χ1v) is 11.9. The molecule has 9 nitrogen and oxygen atoms in total. The molecule has 0 bridgehead atoms. The van der Waals surface area contributed by atoms with Crippen LogP contribution in [0.4, 0.5) is 0 Å². The van der Waals surface area contributed by atoms with Crippen LogP contribution in [0, 0.1) is 23.7 Å². The van der Waals surface area contributed by atoms with Gasteiger partial charge in [0.25, 0.3) is 0 Å². The minimum absolute atomic E-state index is 0.0438. The van der Waals surface area contributed by atoms with Crippen molar-refractivity contribution in [1.82, 2.24) is 4.90 Å². The fourth-order valence-electron chi connectivity index (χ4n) is 4.08. The maximum atomic E-state index is 12.8. The van der Waals surface area contributed by atoms with Gasteiger partial charge in [-0.1, -0.05) is 0 Å². The normalized spacial score (nSPS) is 34.3. The molecule has 4 unspecified atom stereocenters. The predicted octanol–water partition coefficient (Wildman–Crippen LogP) is -2.14. The molecule has 11 heteroatoms. The lowest BCUT2D eigenvalue weighted by atomic mass is 9.87. The molecule has 2 aliphatic rings. The second-order valence-corrected chi connectivity index (χ2v) is 10.4. The van der Waals surface area contributed by atoms with Gasteiger partial charge in [0.2, 0.25) is 11.8 Å². The van der Waals surface area contributed by atoms with E-state index in [-0.39, 0.29) is 55.1 Å². The molecule has 1 saturated carbocycles. The number of fused-ring (bicyclic) bond motifs is 1. The maximum Gasteiger partial charge on any atom is 0.492 e. The van der Waals surface area contributed by atoms with Crippen LogP contribution in [0.15, 0.2) is 0 Å². The number of imide groups is 1. The van der Waals surface area contributed by atoms with Crippen molar-refractivity contribution < 1.29 is 38.4 Å². The molecule has 2 rings (SSSR count). The van der Waals surface area contributed by atoms with Gasteiger partial charge in [-0.15, -0.1) is 0 Å². The minimum Gasteiger partial charge on any atom is -0.390 e. The molecule has 0 spiro atoms. The van der Waals surface area contributed by atoms with Crippen LogP contribution in [0.2, 0.25) is 12.1 Å². The molecule has 1 saturated heterocycles. The Hall–Kier alpha value is -0.666. The maximum absolute atomic E-state index is 12.8. The van der Waals surface area contributed by atoms with Crippen molar-refractivity contribution in [3.63, 3.8) is 0 Å². The van der Waals surface area contributed by atoms with Crippen molar-refractivity contribution in [2.24, 2.45) is 23.7 Å². The van der Waals surface area contributed by atoms with E-state index in [0.717, 1.165) is 0 Å². The average Bonchev–Trinajstić information content (AvgIpc) is 3.26. The third kappa shape index (κ3) is 4.29. The molecular formula is C13H25NO8Si2. The molecule has 1 aliphatic heterocycles. The predicted molar refractivity (Wildman–Crippen MR) is 84.6 cm³/mol. The molecule has 1 heterocycles. The Bertz CT molecular complexity index is 552. The number of amides is 2. The van der Waals surface area contributed by atoms with E-state index in [0.29, 0.717) is 6.42 Å². The summed E-state index contributed by atoms with van der Waals surface area (Å²) in [7, 11) is -7.64. The van der Waals surface area contributed by atoms with Gasteiger partial charge in [0.15, 0.2) is 8.59 Å². The van der Waals surface area contributed by atoms with Gasteiger partial charge in [-0.05, 0) is 38.0 Å². The lowest BCUT2D eigenvalue weighted by molar-refractivity contribution is -0.140. The summed E-state index contributed by atoms with van der Waals surface area (Å²) in [6.07, 6.45) is 0.929. The van der Waals surface area contributed by atoms with Crippen molar-refractivity contribution in [1.29, 1.82) is 8.59 Å². The van der Waals surface area contributed by atoms with Gasteiger partial charge in [-0.3, -0.25) is 14.5 Å². The van der Waals surface area contributed by atoms with E-state index >= 15 is 0 Å².